The monoisotopic (exact) mass is 273 g/mol. The van der Waals surface area contributed by atoms with Crippen molar-refractivity contribution in [1.29, 1.82) is 0 Å². The highest BCUT2D eigenvalue weighted by Crippen LogP contribution is 2.23. The van der Waals surface area contributed by atoms with Crippen LogP contribution in [0.1, 0.15) is 20.7 Å². The zero-order valence-electron chi connectivity index (χ0n) is 9.63. The third-order valence-corrected chi connectivity index (χ3v) is 2.95. The topological polar surface area (TPSA) is 62.3 Å². The lowest BCUT2D eigenvalue weighted by Gasteiger charge is -2.15. The summed E-state index contributed by atoms with van der Waals surface area (Å²) in [5, 5.41) is 1.21. The largest absolute Gasteiger partial charge is 0.280 e. The number of pyridine rings is 1. The van der Waals surface area contributed by atoms with Crippen LogP contribution in [0.4, 0.5) is 5.82 Å². The first-order chi connectivity index (χ1) is 9.16. The van der Waals surface area contributed by atoms with E-state index in [4.69, 9.17) is 11.6 Å². The normalized spacial score (nSPS) is 13.6. The molecule has 1 aliphatic heterocycles. The van der Waals surface area contributed by atoms with Crippen molar-refractivity contribution in [3.8, 4) is 0 Å². The third-order valence-electron chi connectivity index (χ3n) is 2.74. The smallest absolute Gasteiger partial charge is 0.271 e. The number of amides is 2. The molecule has 0 atom stereocenters. The lowest BCUT2D eigenvalue weighted by atomic mass is 10.1. The summed E-state index contributed by atoms with van der Waals surface area (Å²) in [4.78, 5) is 28.1. The molecule has 94 valence electrons. The molecule has 0 aliphatic carbocycles. The number of nitrogens with zero attached hydrogens (tertiary/aromatic N) is 2. The fraction of sp³-hybridized carbons (Fsp3) is 0. The summed E-state index contributed by atoms with van der Waals surface area (Å²) in [5.74, 6) is -0.466. The maximum Gasteiger partial charge on any atom is 0.280 e. The molecule has 2 amide bonds. The molecule has 1 N–H and O–H groups in total. The molecule has 6 heteroatoms. The first-order valence-electron chi connectivity index (χ1n) is 5.54. The summed E-state index contributed by atoms with van der Waals surface area (Å²) >= 11 is 5.75. The van der Waals surface area contributed by atoms with Gasteiger partial charge in [-0.05, 0) is 24.3 Å². The molecular weight excluding hydrogens is 266 g/mol. The average Bonchev–Trinajstić information content (AvgIpc) is 2.65. The minimum atomic E-state index is -0.401. The van der Waals surface area contributed by atoms with Crippen LogP contribution in [0.3, 0.4) is 0 Å². The van der Waals surface area contributed by atoms with E-state index < -0.39 is 11.8 Å². The number of hydrogen-bond acceptors (Lipinski definition) is 4. The number of aromatic nitrogens is 1. The highest BCUT2D eigenvalue weighted by atomic mass is 35.5. The molecule has 0 unspecified atom stereocenters. The maximum absolute atomic E-state index is 12.1. The summed E-state index contributed by atoms with van der Waals surface area (Å²) in [6, 6.07) is 11.6. The summed E-state index contributed by atoms with van der Waals surface area (Å²) in [7, 11) is 0. The van der Waals surface area contributed by atoms with E-state index in [2.05, 4.69) is 10.4 Å². The Labute approximate surface area is 113 Å². The molecule has 1 aromatic heterocycles. The van der Waals surface area contributed by atoms with Crippen molar-refractivity contribution in [3.63, 3.8) is 0 Å². The number of carbonyl (C=O) groups is 2. The van der Waals surface area contributed by atoms with Gasteiger partial charge in [-0.2, -0.15) is 5.01 Å². The Morgan fingerprint density at radius 2 is 1.58 bits per heavy atom. The summed E-state index contributed by atoms with van der Waals surface area (Å²) in [6.45, 7) is 0. The molecule has 1 aromatic carbocycles. The molecule has 2 aromatic rings. The minimum absolute atomic E-state index is 0.279. The van der Waals surface area contributed by atoms with Gasteiger partial charge in [-0.3, -0.25) is 15.0 Å². The highest BCUT2D eigenvalue weighted by molar-refractivity contribution is 6.29. The molecule has 0 bridgehead atoms. The zero-order chi connectivity index (χ0) is 13.4. The van der Waals surface area contributed by atoms with E-state index in [0.717, 1.165) is 5.01 Å². The maximum atomic E-state index is 12.1. The van der Waals surface area contributed by atoms with Crippen LogP contribution in [0.5, 0.6) is 0 Å². The van der Waals surface area contributed by atoms with Gasteiger partial charge < -0.3 is 0 Å². The molecular formula is C13H8ClN3O2. The van der Waals surface area contributed by atoms with Crippen molar-refractivity contribution in [3.05, 3.63) is 58.7 Å². The van der Waals surface area contributed by atoms with Crippen molar-refractivity contribution in [1.82, 2.24) is 9.99 Å². The minimum Gasteiger partial charge on any atom is -0.271 e. The number of nitrogens with one attached hydrogen (secondary N) is 1. The first-order valence-corrected chi connectivity index (χ1v) is 5.91. The summed E-state index contributed by atoms with van der Waals surface area (Å²) in [6.07, 6.45) is 0. The van der Waals surface area contributed by atoms with Gasteiger partial charge in [-0.25, -0.2) is 4.98 Å². The highest BCUT2D eigenvalue weighted by Gasteiger charge is 2.35. The van der Waals surface area contributed by atoms with Crippen LogP contribution in [-0.4, -0.2) is 21.8 Å². The lowest BCUT2D eigenvalue weighted by molar-refractivity contribution is 0.0690. The Morgan fingerprint density at radius 1 is 0.947 bits per heavy atom. The Bertz CT molecular complexity index is 652. The predicted molar refractivity (Wildman–Crippen MR) is 69.8 cm³/mol. The number of carbonyl (C=O) groups excluding carboxylic acids is 2. The SMILES string of the molecule is O=C1c2ccccc2C(=O)N1Nc1cccc(Cl)n1. The Kier molecular flexibility index (Phi) is 2.68. The van der Waals surface area contributed by atoms with E-state index in [0.29, 0.717) is 16.9 Å². The molecule has 5 nitrogen and oxygen atoms in total. The predicted octanol–water partition coefficient (Wildman–Crippen LogP) is 2.36. The van der Waals surface area contributed by atoms with E-state index in [1.165, 1.54) is 0 Å². The summed E-state index contributed by atoms with van der Waals surface area (Å²) in [5.41, 5.74) is 3.42. The zero-order valence-corrected chi connectivity index (χ0v) is 10.4. The van der Waals surface area contributed by atoms with Gasteiger partial charge in [0.05, 0.1) is 11.1 Å². The quantitative estimate of drug-likeness (QED) is 0.674. The molecule has 0 fully saturated rings. The van der Waals surface area contributed by atoms with Gasteiger partial charge in [-0.15, -0.1) is 0 Å². The van der Waals surface area contributed by atoms with E-state index >= 15 is 0 Å². The Hall–Kier alpha value is -2.40. The van der Waals surface area contributed by atoms with Crippen LogP contribution in [0, 0.1) is 0 Å². The van der Waals surface area contributed by atoms with Crippen molar-refractivity contribution in [2.75, 3.05) is 5.43 Å². The molecule has 0 saturated carbocycles. The van der Waals surface area contributed by atoms with E-state index in [1.54, 1.807) is 42.5 Å². The molecule has 0 radical (unpaired) electrons. The van der Waals surface area contributed by atoms with Crippen molar-refractivity contribution in [2.24, 2.45) is 0 Å². The van der Waals surface area contributed by atoms with Gasteiger partial charge in [0.1, 0.15) is 11.0 Å². The number of halogens is 1. The second-order valence-corrected chi connectivity index (χ2v) is 4.34. The van der Waals surface area contributed by atoms with Gasteiger partial charge >= 0.3 is 0 Å². The van der Waals surface area contributed by atoms with Crippen LogP contribution >= 0.6 is 11.6 Å². The van der Waals surface area contributed by atoms with Gasteiger partial charge in [0.15, 0.2) is 0 Å². The first kappa shape index (κ1) is 11.7. The van der Waals surface area contributed by atoms with Gasteiger partial charge in [0.25, 0.3) is 11.8 Å². The van der Waals surface area contributed by atoms with Gasteiger partial charge in [0, 0.05) is 0 Å². The van der Waals surface area contributed by atoms with Crippen LogP contribution in [-0.2, 0) is 0 Å². The molecule has 3 rings (SSSR count). The second kappa shape index (κ2) is 4.37. The molecule has 0 saturated heterocycles. The number of hydrogen-bond donors (Lipinski definition) is 1. The number of imide groups is 1. The molecule has 1 aliphatic rings. The average molecular weight is 274 g/mol. The standard InChI is InChI=1S/C13H8ClN3O2/c14-10-6-3-7-11(15-10)16-17-12(18)8-4-1-2-5-9(8)13(17)19/h1-7H,(H,15,16). The van der Waals surface area contributed by atoms with Crippen LogP contribution in [0.2, 0.25) is 5.15 Å². The van der Waals surface area contributed by atoms with Gasteiger partial charge in [0.2, 0.25) is 0 Å². The van der Waals surface area contributed by atoms with Crippen LogP contribution in [0.15, 0.2) is 42.5 Å². The number of fused-ring (bicyclic) bond motifs is 1. The van der Waals surface area contributed by atoms with Crippen LogP contribution in [0.25, 0.3) is 0 Å². The Morgan fingerprint density at radius 3 is 2.16 bits per heavy atom. The van der Waals surface area contributed by atoms with Crippen molar-refractivity contribution in [2.45, 2.75) is 0 Å². The third kappa shape index (κ3) is 1.94. The van der Waals surface area contributed by atoms with Crippen molar-refractivity contribution >= 4 is 29.2 Å². The number of anilines is 1. The van der Waals surface area contributed by atoms with E-state index in [1.807, 2.05) is 0 Å². The molecule has 19 heavy (non-hydrogen) atoms. The van der Waals surface area contributed by atoms with Crippen LogP contribution < -0.4 is 5.43 Å². The molecule has 2 heterocycles. The fourth-order valence-electron chi connectivity index (χ4n) is 1.88. The van der Waals surface area contributed by atoms with E-state index in [9.17, 15) is 9.59 Å². The summed E-state index contributed by atoms with van der Waals surface area (Å²) < 4.78 is 0. The lowest BCUT2D eigenvalue weighted by Crippen LogP contribution is -2.35. The number of rotatable bonds is 2. The molecule has 0 spiro atoms. The van der Waals surface area contributed by atoms with Crippen molar-refractivity contribution < 1.29 is 9.59 Å². The van der Waals surface area contributed by atoms with Gasteiger partial charge in [-0.1, -0.05) is 29.8 Å². The number of hydrazine groups is 1. The van der Waals surface area contributed by atoms with E-state index in [-0.39, 0.29) is 5.15 Å². The number of benzene rings is 1. The second-order valence-electron chi connectivity index (χ2n) is 3.95. The Balaban J connectivity index is 1.92. The fourth-order valence-corrected chi connectivity index (χ4v) is 2.04.